The molecule has 16 heteroatoms. The van der Waals surface area contributed by atoms with Gasteiger partial charge in [-0.1, -0.05) is 48.5 Å². The summed E-state index contributed by atoms with van der Waals surface area (Å²) >= 11 is 0. The minimum Gasteiger partial charge on any atom is -0.453 e. The maximum Gasteiger partial charge on any atom is 0.407 e. The first-order valence-corrected chi connectivity index (χ1v) is 16.5. The lowest BCUT2D eigenvalue weighted by Crippen LogP contribution is -2.47. The second kappa shape index (κ2) is 14.6. The molecule has 2 fully saturated rings. The Labute approximate surface area is 293 Å². The lowest BCUT2D eigenvalue weighted by Gasteiger charge is -2.26. The van der Waals surface area contributed by atoms with Crippen LogP contribution in [0.2, 0.25) is 0 Å². The van der Waals surface area contributed by atoms with E-state index in [1.807, 2.05) is 48.5 Å². The molecule has 2 saturated heterocycles. The maximum atomic E-state index is 13.1. The number of hydrogen-bond acceptors (Lipinski definition) is 10. The number of aromatic nitrogens is 4. The minimum absolute atomic E-state index is 0.0856. The Balaban J connectivity index is 1.11. The third kappa shape index (κ3) is 7.56. The number of carbonyl (C=O) groups excluding carboxylic acids is 4. The van der Waals surface area contributed by atoms with Crippen molar-refractivity contribution in [2.24, 2.45) is 5.73 Å². The van der Waals surface area contributed by atoms with Crippen molar-refractivity contribution in [1.29, 1.82) is 0 Å². The van der Waals surface area contributed by atoms with E-state index in [0.29, 0.717) is 18.1 Å². The number of nitrogens with two attached hydrogens (primary N) is 1. The molecule has 2 aromatic carbocycles. The number of H-pyrrole nitrogens is 2. The number of ether oxygens (including phenoxy) is 2. The monoisotopic (exact) mass is 700 g/mol. The molecule has 6 atom stereocenters. The zero-order valence-corrected chi connectivity index (χ0v) is 28.3. The van der Waals surface area contributed by atoms with E-state index >= 15 is 0 Å². The van der Waals surface area contributed by atoms with E-state index < -0.39 is 54.5 Å². The van der Waals surface area contributed by atoms with Gasteiger partial charge in [-0.05, 0) is 36.1 Å². The van der Waals surface area contributed by atoms with Crippen molar-refractivity contribution in [3.05, 3.63) is 72.6 Å². The van der Waals surface area contributed by atoms with Crippen molar-refractivity contribution in [3.63, 3.8) is 0 Å². The fraction of sp³-hybridized carbons (Fsp3) is 0.371. The highest BCUT2D eigenvalue weighted by Gasteiger charge is 2.40. The van der Waals surface area contributed by atoms with Gasteiger partial charge in [0.1, 0.15) is 17.7 Å². The predicted molar refractivity (Wildman–Crippen MR) is 182 cm³/mol. The lowest BCUT2D eigenvalue weighted by molar-refractivity contribution is -0.140. The van der Waals surface area contributed by atoms with E-state index in [4.69, 9.17) is 10.5 Å². The maximum absolute atomic E-state index is 13.1. The first-order valence-electron chi connectivity index (χ1n) is 16.5. The van der Waals surface area contributed by atoms with Crippen LogP contribution >= 0.6 is 0 Å². The quantitative estimate of drug-likeness (QED) is 0.150. The van der Waals surface area contributed by atoms with Gasteiger partial charge in [0.15, 0.2) is 6.10 Å². The normalized spacial score (nSPS) is 21.3. The zero-order valence-electron chi connectivity index (χ0n) is 28.3. The highest BCUT2D eigenvalue weighted by molar-refractivity contribution is 5.86. The van der Waals surface area contributed by atoms with Crippen molar-refractivity contribution < 1.29 is 38.9 Å². The summed E-state index contributed by atoms with van der Waals surface area (Å²) in [4.78, 5) is 67.3. The predicted octanol–water partition coefficient (Wildman–Crippen LogP) is 2.63. The Morgan fingerprint density at radius 2 is 1.22 bits per heavy atom. The third-order valence-electron chi connectivity index (χ3n) is 9.20. The number of amides is 4. The Bertz CT molecular complexity index is 1890. The number of hydrogen-bond donors (Lipinski definition) is 6. The number of aliphatic hydroxyl groups is 2. The van der Waals surface area contributed by atoms with Gasteiger partial charge in [0.05, 0.1) is 55.2 Å². The number of carbonyl (C=O) groups is 4. The van der Waals surface area contributed by atoms with Crippen molar-refractivity contribution in [2.45, 2.75) is 63.1 Å². The van der Waals surface area contributed by atoms with E-state index in [2.05, 4.69) is 30.0 Å². The summed E-state index contributed by atoms with van der Waals surface area (Å²) in [5.74, 6) is 0.233. The second-order valence-electron chi connectivity index (χ2n) is 12.7. The molecule has 0 aliphatic carbocycles. The zero-order chi connectivity index (χ0) is 36.4. The summed E-state index contributed by atoms with van der Waals surface area (Å²) < 4.78 is 9.45. The molecule has 4 amide bonds. The first-order chi connectivity index (χ1) is 24.4. The van der Waals surface area contributed by atoms with Gasteiger partial charge in [-0.25, -0.2) is 19.6 Å². The lowest BCUT2D eigenvalue weighted by atomic mass is 10.0. The molecule has 4 aromatic rings. The molecular formula is C35H40N8O8. The molecule has 6 rings (SSSR count). The molecule has 2 aliphatic heterocycles. The number of aliphatic hydroxyl groups excluding tert-OH is 2. The van der Waals surface area contributed by atoms with Gasteiger partial charge < -0.3 is 50.5 Å². The molecular weight excluding hydrogens is 660 g/mol. The van der Waals surface area contributed by atoms with Gasteiger partial charge in [0.25, 0.3) is 5.91 Å². The van der Waals surface area contributed by atoms with Crippen LogP contribution in [0.25, 0.3) is 33.6 Å². The van der Waals surface area contributed by atoms with Crippen LogP contribution in [0, 0.1) is 0 Å². The fourth-order valence-corrected chi connectivity index (χ4v) is 6.63. The van der Waals surface area contributed by atoms with Crippen LogP contribution in [0.3, 0.4) is 0 Å². The summed E-state index contributed by atoms with van der Waals surface area (Å²) in [6, 6.07) is 14.0. The largest absolute Gasteiger partial charge is 0.453 e. The minimum atomic E-state index is -1.09. The van der Waals surface area contributed by atoms with Crippen molar-refractivity contribution in [1.82, 2.24) is 35.1 Å². The average molecular weight is 701 g/mol. The van der Waals surface area contributed by atoms with Gasteiger partial charge in [-0.2, -0.15) is 0 Å². The van der Waals surface area contributed by atoms with Gasteiger partial charge in [-0.3, -0.25) is 9.59 Å². The number of methoxy groups -OCH3 is 1. The van der Waals surface area contributed by atoms with Crippen LogP contribution in [0.5, 0.6) is 0 Å². The Kier molecular flexibility index (Phi) is 10.1. The summed E-state index contributed by atoms with van der Waals surface area (Å²) in [6.45, 7) is 3.21. The van der Waals surface area contributed by atoms with Crippen LogP contribution in [0.1, 0.15) is 50.4 Å². The van der Waals surface area contributed by atoms with E-state index in [-0.39, 0.29) is 25.4 Å². The molecule has 16 nitrogen and oxygen atoms in total. The van der Waals surface area contributed by atoms with Crippen LogP contribution in [0.4, 0.5) is 9.59 Å². The number of primary amides is 1. The van der Waals surface area contributed by atoms with Crippen LogP contribution in [-0.4, -0.2) is 109 Å². The van der Waals surface area contributed by atoms with E-state index in [1.54, 1.807) is 19.3 Å². The summed E-state index contributed by atoms with van der Waals surface area (Å²) in [7, 11) is 1.22. The second-order valence-corrected chi connectivity index (χ2v) is 12.7. The standard InChI is InChI=1S/C35H40N8O8/c1-18(39-35(49)50-3)32(46)42-16-24(44)12-28(42)30-37-14-26(40-30)22-8-4-20(5-9-22)21-6-10-23(11-7-21)27-15-38-31(41-27)29-13-25(45)17-43(29)33(47)19(2)51-34(36)48/h4-11,14-15,18-19,24-25,28-29,44-45H,12-13,16-17H2,1-3H3,(H2,36,48)(H,37,40)(H,38,41)(H,39,49)/t18-,19-,24+,25+,28-,29-/m0/s1. The number of β-amino-alcohol motifs (C(OH)–C–C–N with tert-alkyl or cyclic N) is 2. The molecule has 0 bridgehead atoms. The number of rotatable bonds is 9. The summed E-state index contributed by atoms with van der Waals surface area (Å²) in [5, 5.41) is 23.1. The highest BCUT2D eigenvalue weighted by Crippen LogP contribution is 2.35. The SMILES string of the molecule is COC(=O)N[C@@H](C)C(=O)N1C[C@H](O)C[C@H]1c1ncc(-c2ccc(-c3ccc(-c4cnc([C@@H]5C[C@@H](O)CN5C(=O)[C@H](C)OC(N)=O)[nH]4)cc3)cc2)[nH]1. The van der Waals surface area contributed by atoms with Gasteiger partial charge in [0, 0.05) is 25.9 Å². The molecule has 0 saturated carbocycles. The number of benzene rings is 2. The summed E-state index contributed by atoms with van der Waals surface area (Å²) in [5.41, 5.74) is 10.3. The Morgan fingerprint density at radius 1 is 0.784 bits per heavy atom. The van der Waals surface area contributed by atoms with E-state index in [0.717, 1.165) is 33.6 Å². The summed E-state index contributed by atoms with van der Waals surface area (Å²) in [6.07, 6.45) is -0.354. The fourth-order valence-electron chi connectivity index (χ4n) is 6.63. The van der Waals surface area contributed by atoms with E-state index in [9.17, 15) is 29.4 Å². The third-order valence-corrected chi connectivity index (χ3v) is 9.20. The highest BCUT2D eigenvalue weighted by atomic mass is 16.6. The molecule has 2 aromatic heterocycles. The molecule has 0 unspecified atom stereocenters. The van der Waals surface area contributed by atoms with Gasteiger partial charge in [0.2, 0.25) is 5.91 Å². The number of nitrogens with one attached hydrogen (secondary N) is 3. The Morgan fingerprint density at radius 3 is 1.65 bits per heavy atom. The molecule has 268 valence electrons. The average Bonchev–Trinajstić information content (AvgIpc) is 3.94. The van der Waals surface area contributed by atoms with Crippen molar-refractivity contribution in [3.8, 4) is 33.6 Å². The number of likely N-dealkylation sites (tertiary alicyclic amines) is 2. The topological polar surface area (TPSA) is 229 Å². The molecule has 0 spiro atoms. The van der Waals surface area contributed by atoms with Crippen molar-refractivity contribution >= 4 is 24.0 Å². The van der Waals surface area contributed by atoms with Gasteiger partial charge >= 0.3 is 12.2 Å². The molecule has 2 aliphatic rings. The van der Waals surface area contributed by atoms with E-state index in [1.165, 1.54) is 23.8 Å². The van der Waals surface area contributed by atoms with Crippen LogP contribution in [0.15, 0.2) is 60.9 Å². The molecule has 51 heavy (non-hydrogen) atoms. The number of aromatic amines is 2. The number of imidazole rings is 2. The number of nitrogens with zero attached hydrogens (tertiary/aromatic N) is 4. The molecule has 4 heterocycles. The van der Waals surface area contributed by atoms with Crippen LogP contribution < -0.4 is 11.1 Å². The molecule has 7 N–H and O–H groups in total. The smallest absolute Gasteiger partial charge is 0.407 e. The number of alkyl carbamates (subject to hydrolysis) is 1. The van der Waals surface area contributed by atoms with Gasteiger partial charge in [-0.15, -0.1) is 0 Å². The Hall–Kier alpha value is -5.74. The first kappa shape index (κ1) is 35.1. The molecule has 0 radical (unpaired) electrons. The van der Waals surface area contributed by atoms with Crippen LogP contribution in [-0.2, 0) is 19.1 Å². The van der Waals surface area contributed by atoms with Crippen molar-refractivity contribution in [2.75, 3.05) is 20.2 Å².